The van der Waals surface area contributed by atoms with Crippen molar-refractivity contribution in [2.75, 3.05) is 12.3 Å². The molecule has 0 amide bonds. The molecule has 1 nitrogen and oxygen atoms in total. The van der Waals surface area contributed by atoms with Crippen LogP contribution in [0, 0.1) is 12.7 Å². The first kappa shape index (κ1) is 11.0. The van der Waals surface area contributed by atoms with Gasteiger partial charge in [-0.3, -0.25) is 0 Å². The fraction of sp³-hybridized carbons (Fsp3) is 0.500. The van der Waals surface area contributed by atoms with E-state index in [4.69, 9.17) is 0 Å². The van der Waals surface area contributed by atoms with Gasteiger partial charge in [0.1, 0.15) is 5.82 Å². The van der Waals surface area contributed by atoms with E-state index in [2.05, 4.69) is 5.32 Å². The zero-order valence-electron chi connectivity index (χ0n) is 8.92. The van der Waals surface area contributed by atoms with Gasteiger partial charge in [-0.2, -0.15) is 0 Å². The molecule has 0 aromatic heterocycles. The summed E-state index contributed by atoms with van der Waals surface area (Å²) in [6, 6.07) is 5.66. The average Bonchev–Trinajstić information content (AvgIpc) is 2.69. The number of hydrogen-bond acceptors (Lipinski definition) is 2. The molecule has 1 aromatic rings. The predicted molar refractivity (Wildman–Crippen MR) is 62.9 cm³/mol. The van der Waals surface area contributed by atoms with Crippen molar-refractivity contribution in [3.8, 4) is 0 Å². The Morgan fingerprint density at radius 1 is 1.53 bits per heavy atom. The second-order valence-corrected chi connectivity index (χ2v) is 5.08. The summed E-state index contributed by atoms with van der Waals surface area (Å²) in [4.78, 5) is 1.20. The Balaban J connectivity index is 1.92. The molecule has 2 rings (SSSR count). The molecule has 1 aliphatic rings. The third-order valence-corrected chi connectivity index (χ3v) is 4.08. The monoisotopic (exact) mass is 225 g/mol. The van der Waals surface area contributed by atoms with E-state index in [1.165, 1.54) is 23.8 Å². The van der Waals surface area contributed by atoms with Crippen LogP contribution in [0.3, 0.4) is 0 Å². The second kappa shape index (κ2) is 4.99. The molecule has 0 spiro atoms. The number of hydrogen-bond donors (Lipinski definition) is 1. The van der Waals surface area contributed by atoms with Crippen LogP contribution in [0.5, 0.6) is 0 Å². The predicted octanol–water partition coefficient (Wildman–Crippen LogP) is 2.98. The normalized spacial score (nSPS) is 20.8. The van der Waals surface area contributed by atoms with E-state index in [0.29, 0.717) is 6.04 Å². The fourth-order valence-corrected chi connectivity index (χ4v) is 2.98. The first-order chi connectivity index (χ1) is 7.25. The molecule has 1 N–H and O–H groups in total. The zero-order valence-corrected chi connectivity index (χ0v) is 9.74. The SMILES string of the molecule is Cc1cc(F)ccc1SCC1CCCN1. The van der Waals surface area contributed by atoms with Crippen molar-refractivity contribution >= 4 is 11.8 Å². The summed E-state index contributed by atoms with van der Waals surface area (Å²) >= 11 is 1.82. The average molecular weight is 225 g/mol. The summed E-state index contributed by atoms with van der Waals surface area (Å²) in [5.74, 6) is 0.947. The third-order valence-electron chi connectivity index (χ3n) is 2.74. The molecule has 0 saturated carbocycles. The Kier molecular flexibility index (Phi) is 3.65. The van der Waals surface area contributed by atoms with Crippen molar-refractivity contribution in [3.63, 3.8) is 0 Å². The number of thioether (sulfide) groups is 1. The van der Waals surface area contributed by atoms with Crippen LogP contribution in [0.25, 0.3) is 0 Å². The fourth-order valence-electron chi connectivity index (χ4n) is 1.86. The van der Waals surface area contributed by atoms with Crippen molar-refractivity contribution in [1.29, 1.82) is 0 Å². The zero-order chi connectivity index (χ0) is 10.7. The molecule has 0 aliphatic carbocycles. The molecule has 1 heterocycles. The van der Waals surface area contributed by atoms with Crippen molar-refractivity contribution in [3.05, 3.63) is 29.6 Å². The molecule has 1 atom stereocenters. The van der Waals surface area contributed by atoms with Crippen LogP contribution < -0.4 is 5.32 Å². The van der Waals surface area contributed by atoms with Crippen LogP contribution in [0.2, 0.25) is 0 Å². The standard InChI is InChI=1S/C12H16FNS/c1-9-7-10(13)4-5-12(9)15-8-11-3-2-6-14-11/h4-5,7,11,14H,2-3,6,8H2,1H3. The Labute approximate surface area is 94.5 Å². The summed E-state index contributed by atoms with van der Waals surface area (Å²) < 4.78 is 12.9. The molecule has 1 saturated heterocycles. The van der Waals surface area contributed by atoms with Crippen molar-refractivity contribution in [2.24, 2.45) is 0 Å². The van der Waals surface area contributed by atoms with Gasteiger partial charge in [-0.25, -0.2) is 4.39 Å². The quantitative estimate of drug-likeness (QED) is 0.794. The lowest BCUT2D eigenvalue weighted by molar-refractivity contribution is 0.625. The molecular weight excluding hydrogens is 209 g/mol. The topological polar surface area (TPSA) is 12.0 Å². The summed E-state index contributed by atoms with van der Waals surface area (Å²) in [6.07, 6.45) is 2.56. The van der Waals surface area contributed by atoms with Gasteiger partial charge in [0.05, 0.1) is 0 Å². The Hall–Kier alpha value is -0.540. The Morgan fingerprint density at radius 2 is 2.40 bits per heavy atom. The number of halogens is 1. The number of benzene rings is 1. The third kappa shape index (κ3) is 2.95. The lowest BCUT2D eigenvalue weighted by atomic mass is 10.2. The molecule has 1 fully saturated rings. The van der Waals surface area contributed by atoms with E-state index < -0.39 is 0 Å². The van der Waals surface area contributed by atoms with E-state index in [0.717, 1.165) is 17.9 Å². The van der Waals surface area contributed by atoms with Gasteiger partial charge in [-0.15, -0.1) is 11.8 Å². The number of rotatable bonds is 3. The van der Waals surface area contributed by atoms with Crippen molar-refractivity contribution in [1.82, 2.24) is 5.32 Å². The van der Waals surface area contributed by atoms with E-state index in [9.17, 15) is 4.39 Å². The van der Waals surface area contributed by atoms with Gasteiger partial charge in [-0.1, -0.05) is 0 Å². The largest absolute Gasteiger partial charge is 0.313 e. The van der Waals surface area contributed by atoms with Gasteiger partial charge in [0, 0.05) is 16.7 Å². The highest BCUT2D eigenvalue weighted by molar-refractivity contribution is 7.99. The molecule has 1 aromatic carbocycles. The van der Waals surface area contributed by atoms with Crippen LogP contribution in [0.15, 0.2) is 23.1 Å². The molecule has 1 aliphatic heterocycles. The minimum absolute atomic E-state index is 0.143. The van der Waals surface area contributed by atoms with Gasteiger partial charge in [0.25, 0.3) is 0 Å². The highest BCUT2D eigenvalue weighted by Crippen LogP contribution is 2.25. The number of aryl methyl sites for hydroxylation is 1. The molecule has 3 heteroatoms. The molecule has 1 unspecified atom stereocenters. The van der Waals surface area contributed by atoms with E-state index in [1.54, 1.807) is 6.07 Å². The summed E-state index contributed by atoms with van der Waals surface area (Å²) in [7, 11) is 0. The van der Waals surface area contributed by atoms with Gasteiger partial charge in [0.2, 0.25) is 0 Å². The lowest BCUT2D eigenvalue weighted by Crippen LogP contribution is -2.23. The smallest absolute Gasteiger partial charge is 0.123 e. The van der Waals surface area contributed by atoms with Crippen LogP contribution >= 0.6 is 11.8 Å². The highest BCUT2D eigenvalue weighted by atomic mass is 32.2. The highest BCUT2D eigenvalue weighted by Gasteiger charge is 2.14. The van der Waals surface area contributed by atoms with Crippen molar-refractivity contribution < 1.29 is 4.39 Å². The Bertz CT molecular complexity index is 334. The maximum absolute atomic E-state index is 12.9. The molecule has 0 bridgehead atoms. The molecule has 15 heavy (non-hydrogen) atoms. The molecule has 0 radical (unpaired) electrons. The first-order valence-corrected chi connectivity index (χ1v) is 6.36. The van der Waals surface area contributed by atoms with Crippen LogP contribution in [0.4, 0.5) is 4.39 Å². The minimum atomic E-state index is -0.143. The van der Waals surface area contributed by atoms with E-state index >= 15 is 0 Å². The lowest BCUT2D eigenvalue weighted by Gasteiger charge is -2.10. The number of nitrogens with one attached hydrogen (secondary N) is 1. The van der Waals surface area contributed by atoms with Crippen molar-refractivity contribution in [2.45, 2.75) is 30.7 Å². The van der Waals surface area contributed by atoms with Crippen LogP contribution in [0.1, 0.15) is 18.4 Å². The van der Waals surface area contributed by atoms with Crippen LogP contribution in [-0.4, -0.2) is 18.3 Å². The maximum Gasteiger partial charge on any atom is 0.123 e. The summed E-state index contributed by atoms with van der Waals surface area (Å²) in [5.41, 5.74) is 1.04. The maximum atomic E-state index is 12.9. The first-order valence-electron chi connectivity index (χ1n) is 5.38. The molecule has 82 valence electrons. The minimum Gasteiger partial charge on any atom is -0.313 e. The molecular formula is C12H16FNS. The van der Waals surface area contributed by atoms with Gasteiger partial charge in [0.15, 0.2) is 0 Å². The van der Waals surface area contributed by atoms with Gasteiger partial charge in [-0.05, 0) is 50.1 Å². The summed E-state index contributed by atoms with van der Waals surface area (Å²) in [5, 5.41) is 3.46. The van der Waals surface area contributed by atoms with Gasteiger partial charge >= 0.3 is 0 Å². The van der Waals surface area contributed by atoms with E-state index in [-0.39, 0.29) is 5.82 Å². The van der Waals surface area contributed by atoms with Gasteiger partial charge < -0.3 is 5.32 Å². The summed E-state index contributed by atoms with van der Waals surface area (Å²) in [6.45, 7) is 3.11. The Morgan fingerprint density at radius 3 is 3.07 bits per heavy atom. The van der Waals surface area contributed by atoms with Crippen LogP contribution in [-0.2, 0) is 0 Å². The van der Waals surface area contributed by atoms with E-state index in [1.807, 2.05) is 24.8 Å². The second-order valence-electron chi connectivity index (χ2n) is 4.01.